The van der Waals surface area contributed by atoms with Gasteiger partial charge in [-0.15, -0.1) is 0 Å². The average molecular weight is 168 g/mol. The molecule has 1 nitrogen and oxygen atoms in total. The molecule has 0 radical (unpaired) electrons. The Morgan fingerprint density at radius 1 is 0.750 bits per heavy atom. The molecule has 2 rings (SSSR count). The summed E-state index contributed by atoms with van der Waals surface area (Å²) < 4.78 is 0. The second kappa shape index (κ2) is 3.78. The molecule has 0 aromatic rings. The predicted molar refractivity (Wildman–Crippen MR) is 49.9 cm³/mol. The number of rotatable bonds is 0. The van der Waals surface area contributed by atoms with Crippen molar-refractivity contribution >= 4 is 0 Å². The molecule has 2 saturated carbocycles. The summed E-state index contributed by atoms with van der Waals surface area (Å²) in [7, 11) is 0. The van der Waals surface area contributed by atoms with E-state index in [9.17, 15) is 5.11 Å². The summed E-state index contributed by atoms with van der Waals surface area (Å²) in [5.41, 5.74) is 0. The second-order valence-corrected chi connectivity index (χ2v) is 4.63. The third-order valence-corrected chi connectivity index (χ3v) is 3.76. The van der Waals surface area contributed by atoms with Crippen LogP contribution in [-0.2, 0) is 0 Å². The Bertz CT molecular complexity index is 144. The highest BCUT2D eigenvalue weighted by Crippen LogP contribution is 2.39. The van der Waals surface area contributed by atoms with Crippen molar-refractivity contribution in [3.63, 3.8) is 0 Å². The summed E-state index contributed by atoms with van der Waals surface area (Å²) >= 11 is 0. The Balaban J connectivity index is 1.94. The fourth-order valence-electron chi connectivity index (χ4n) is 3.03. The summed E-state index contributed by atoms with van der Waals surface area (Å²) in [6.07, 6.45) is 10.6. The lowest BCUT2D eigenvalue weighted by Gasteiger charge is -2.32. The Kier molecular flexibility index (Phi) is 2.69. The summed E-state index contributed by atoms with van der Waals surface area (Å²) in [5.74, 6) is 1.84. The minimum atomic E-state index is 0.0318. The largest absolute Gasteiger partial charge is 0.393 e. The smallest absolute Gasteiger partial charge is 0.0543 e. The van der Waals surface area contributed by atoms with Crippen LogP contribution in [0.25, 0.3) is 0 Å². The molecular weight excluding hydrogens is 148 g/mol. The molecule has 0 saturated heterocycles. The van der Waals surface area contributed by atoms with E-state index < -0.39 is 0 Å². The Hall–Kier alpha value is -0.0400. The first-order valence-electron chi connectivity index (χ1n) is 5.54. The zero-order chi connectivity index (χ0) is 8.39. The lowest BCUT2D eigenvalue weighted by Crippen LogP contribution is -2.26. The van der Waals surface area contributed by atoms with Gasteiger partial charge in [0.25, 0.3) is 0 Å². The number of aliphatic hydroxyl groups is 1. The van der Waals surface area contributed by atoms with Gasteiger partial charge in [-0.1, -0.05) is 32.1 Å². The monoisotopic (exact) mass is 168 g/mol. The van der Waals surface area contributed by atoms with E-state index in [1.54, 1.807) is 0 Å². The van der Waals surface area contributed by atoms with Gasteiger partial charge in [-0.3, -0.25) is 0 Å². The van der Waals surface area contributed by atoms with Gasteiger partial charge in [-0.25, -0.2) is 0 Å². The quantitative estimate of drug-likeness (QED) is 0.589. The normalized spacial score (nSPS) is 43.2. The van der Waals surface area contributed by atoms with E-state index in [-0.39, 0.29) is 6.10 Å². The van der Waals surface area contributed by atoms with E-state index in [4.69, 9.17) is 0 Å². The molecule has 2 unspecified atom stereocenters. The van der Waals surface area contributed by atoms with Gasteiger partial charge >= 0.3 is 0 Å². The van der Waals surface area contributed by atoms with Gasteiger partial charge in [0.15, 0.2) is 0 Å². The summed E-state index contributed by atoms with van der Waals surface area (Å²) in [5, 5.41) is 9.54. The van der Waals surface area contributed by atoms with Crippen molar-refractivity contribution in [3.05, 3.63) is 0 Å². The predicted octanol–water partition coefficient (Wildman–Crippen LogP) is 2.73. The van der Waals surface area contributed by atoms with Gasteiger partial charge in [0.2, 0.25) is 0 Å². The highest BCUT2D eigenvalue weighted by Gasteiger charge is 2.29. The fourth-order valence-corrected chi connectivity index (χ4v) is 3.03. The number of hydrogen-bond acceptors (Lipinski definition) is 1. The van der Waals surface area contributed by atoms with Crippen molar-refractivity contribution in [1.82, 2.24) is 0 Å². The molecule has 0 amide bonds. The molecule has 0 spiro atoms. The van der Waals surface area contributed by atoms with Crippen LogP contribution in [0.4, 0.5) is 0 Å². The third-order valence-electron chi connectivity index (χ3n) is 3.76. The van der Waals surface area contributed by atoms with E-state index in [1.165, 1.54) is 38.5 Å². The standard InChI is InChI=1S/C11H20O/c12-11-7-6-9-4-2-1-3-5-10(9)8-11/h9-12H,1-8H2/t9?,10?,11-/m1/s1. The molecule has 0 heterocycles. The molecule has 2 fully saturated rings. The Morgan fingerprint density at radius 2 is 1.50 bits per heavy atom. The molecule has 3 atom stereocenters. The van der Waals surface area contributed by atoms with Gasteiger partial charge in [0.1, 0.15) is 0 Å². The van der Waals surface area contributed by atoms with Crippen molar-refractivity contribution in [3.8, 4) is 0 Å². The van der Waals surface area contributed by atoms with E-state index in [2.05, 4.69) is 0 Å². The van der Waals surface area contributed by atoms with Crippen molar-refractivity contribution in [1.29, 1.82) is 0 Å². The number of aliphatic hydroxyl groups excluding tert-OH is 1. The average Bonchev–Trinajstić information content (AvgIpc) is 2.28. The summed E-state index contributed by atoms with van der Waals surface area (Å²) in [6, 6.07) is 0. The molecule has 2 aliphatic rings. The Morgan fingerprint density at radius 3 is 2.33 bits per heavy atom. The van der Waals surface area contributed by atoms with E-state index in [0.717, 1.165) is 24.7 Å². The SMILES string of the molecule is O[C@@H]1CCC2CCCCCC2C1. The fraction of sp³-hybridized carbons (Fsp3) is 1.00. The molecular formula is C11H20O. The van der Waals surface area contributed by atoms with Crippen LogP contribution in [0.5, 0.6) is 0 Å². The lowest BCUT2D eigenvalue weighted by molar-refractivity contribution is 0.0656. The first-order chi connectivity index (χ1) is 5.86. The minimum Gasteiger partial charge on any atom is -0.393 e. The van der Waals surface area contributed by atoms with Crippen LogP contribution in [0, 0.1) is 11.8 Å². The van der Waals surface area contributed by atoms with Gasteiger partial charge in [-0.05, 0) is 31.1 Å². The number of hydrogen-bond donors (Lipinski definition) is 1. The van der Waals surface area contributed by atoms with Gasteiger partial charge in [-0.2, -0.15) is 0 Å². The van der Waals surface area contributed by atoms with Crippen LogP contribution in [0.15, 0.2) is 0 Å². The second-order valence-electron chi connectivity index (χ2n) is 4.63. The van der Waals surface area contributed by atoms with Crippen LogP contribution in [0.1, 0.15) is 51.4 Å². The van der Waals surface area contributed by atoms with Crippen molar-refractivity contribution < 1.29 is 5.11 Å². The molecule has 0 aromatic heterocycles. The van der Waals surface area contributed by atoms with Crippen molar-refractivity contribution in [2.75, 3.05) is 0 Å². The molecule has 70 valence electrons. The molecule has 12 heavy (non-hydrogen) atoms. The van der Waals surface area contributed by atoms with E-state index in [1.807, 2.05) is 0 Å². The molecule has 0 aliphatic heterocycles. The Labute approximate surface area is 75.2 Å². The molecule has 1 heteroatoms. The first kappa shape index (κ1) is 8.55. The van der Waals surface area contributed by atoms with Crippen LogP contribution in [0.2, 0.25) is 0 Å². The van der Waals surface area contributed by atoms with Crippen molar-refractivity contribution in [2.45, 2.75) is 57.5 Å². The van der Waals surface area contributed by atoms with Gasteiger partial charge in [0, 0.05) is 0 Å². The summed E-state index contributed by atoms with van der Waals surface area (Å²) in [4.78, 5) is 0. The first-order valence-corrected chi connectivity index (χ1v) is 5.54. The molecule has 1 N–H and O–H groups in total. The van der Waals surface area contributed by atoms with Crippen LogP contribution < -0.4 is 0 Å². The highest BCUT2D eigenvalue weighted by atomic mass is 16.3. The van der Waals surface area contributed by atoms with Gasteiger partial charge in [0.05, 0.1) is 6.10 Å². The van der Waals surface area contributed by atoms with E-state index in [0.29, 0.717) is 0 Å². The maximum absolute atomic E-state index is 9.54. The van der Waals surface area contributed by atoms with E-state index >= 15 is 0 Å². The lowest BCUT2D eigenvalue weighted by atomic mass is 9.75. The minimum absolute atomic E-state index is 0.0318. The van der Waals surface area contributed by atoms with Crippen LogP contribution in [-0.4, -0.2) is 11.2 Å². The summed E-state index contributed by atoms with van der Waals surface area (Å²) in [6.45, 7) is 0. The van der Waals surface area contributed by atoms with Crippen LogP contribution >= 0.6 is 0 Å². The zero-order valence-corrected chi connectivity index (χ0v) is 7.84. The maximum atomic E-state index is 9.54. The van der Waals surface area contributed by atoms with Gasteiger partial charge < -0.3 is 5.11 Å². The van der Waals surface area contributed by atoms with Crippen molar-refractivity contribution in [2.24, 2.45) is 11.8 Å². The van der Waals surface area contributed by atoms with Crippen LogP contribution in [0.3, 0.4) is 0 Å². The topological polar surface area (TPSA) is 20.2 Å². The molecule has 2 aliphatic carbocycles. The highest BCUT2D eigenvalue weighted by molar-refractivity contribution is 4.81. The molecule has 0 bridgehead atoms. The zero-order valence-electron chi connectivity index (χ0n) is 7.84. The molecule has 0 aromatic carbocycles. The number of fused-ring (bicyclic) bond motifs is 1. The third kappa shape index (κ3) is 1.82. The maximum Gasteiger partial charge on any atom is 0.0543 e.